The number of nitrogens with two attached hydrogens (primary N) is 1. The van der Waals surface area contributed by atoms with E-state index in [1.54, 1.807) is 0 Å². The summed E-state index contributed by atoms with van der Waals surface area (Å²) in [7, 11) is 0. The Kier molecular flexibility index (Phi) is 2.70. The number of nitrogens with one attached hydrogen (secondary N) is 1. The number of hydrogen-bond acceptors (Lipinski definition) is 3. The van der Waals surface area contributed by atoms with Crippen LogP contribution in [0.25, 0.3) is 0 Å². The summed E-state index contributed by atoms with van der Waals surface area (Å²) in [5.74, 6) is 0.392. The maximum absolute atomic E-state index is 9.03. The van der Waals surface area contributed by atoms with Crippen molar-refractivity contribution in [1.82, 2.24) is 5.32 Å². The lowest BCUT2D eigenvalue weighted by atomic mass is 9.89. The molecule has 1 aliphatic carbocycles. The first-order valence-corrected chi connectivity index (χ1v) is 5.00. The van der Waals surface area contributed by atoms with Gasteiger partial charge in [-0.2, -0.15) is 0 Å². The van der Waals surface area contributed by atoms with E-state index >= 15 is 0 Å². The molecule has 2 atom stereocenters. The van der Waals surface area contributed by atoms with E-state index in [2.05, 4.69) is 29.6 Å². The summed E-state index contributed by atoms with van der Waals surface area (Å²) in [6.45, 7) is 0.774. The number of hydrogen-bond donors (Lipinski definition) is 3. The molecule has 0 aromatic heterocycles. The van der Waals surface area contributed by atoms with E-state index in [4.69, 9.17) is 10.8 Å². The maximum Gasteiger partial charge on any atom is 0.0824 e. The summed E-state index contributed by atoms with van der Waals surface area (Å²) in [4.78, 5) is 0. The molecular formula is C11H16N2O. The van der Waals surface area contributed by atoms with E-state index < -0.39 is 0 Å². The molecule has 0 fully saturated rings. The fraction of sp³-hybridized carbons (Fsp3) is 0.455. The van der Waals surface area contributed by atoms with Crippen molar-refractivity contribution in [3.8, 4) is 0 Å². The molecule has 0 amide bonds. The third-order valence-corrected chi connectivity index (χ3v) is 2.77. The third-order valence-electron chi connectivity index (χ3n) is 2.77. The molecule has 0 saturated heterocycles. The topological polar surface area (TPSA) is 58.3 Å². The molecule has 2 unspecified atom stereocenters. The molecule has 3 nitrogen and oxygen atoms in total. The van der Waals surface area contributed by atoms with Crippen molar-refractivity contribution >= 4 is 0 Å². The van der Waals surface area contributed by atoms with Gasteiger partial charge in [0, 0.05) is 11.6 Å². The summed E-state index contributed by atoms with van der Waals surface area (Å²) < 4.78 is 0. The van der Waals surface area contributed by atoms with Crippen molar-refractivity contribution < 1.29 is 5.11 Å². The van der Waals surface area contributed by atoms with E-state index in [1.165, 1.54) is 5.57 Å². The second kappa shape index (κ2) is 3.98. The highest BCUT2D eigenvalue weighted by atomic mass is 16.3. The lowest BCUT2D eigenvalue weighted by molar-refractivity contribution is 0.322. The SMILES string of the molecule is NCCC1=CC=CC2C=C(CO)NC12. The largest absolute Gasteiger partial charge is 0.390 e. The van der Waals surface area contributed by atoms with Crippen molar-refractivity contribution in [3.63, 3.8) is 0 Å². The Labute approximate surface area is 84.0 Å². The second-order valence-electron chi connectivity index (χ2n) is 3.71. The Morgan fingerprint density at radius 2 is 2.36 bits per heavy atom. The maximum atomic E-state index is 9.03. The Morgan fingerprint density at radius 3 is 3.07 bits per heavy atom. The number of rotatable bonds is 3. The predicted octanol–water partition coefficient (Wildman–Crippen LogP) is 0.296. The lowest BCUT2D eigenvalue weighted by Gasteiger charge is -2.23. The van der Waals surface area contributed by atoms with Crippen LogP contribution < -0.4 is 11.1 Å². The van der Waals surface area contributed by atoms with Gasteiger partial charge in [0.2, 0.25) is 0 Å². The number of fused-ring (bicyclic) bond motifs is 1. The van der Waals surface area contributed by atoms with E-state index in [-0.39, 0.29) is 6.61 Å². The fourth-order valence-corrected chi connectivity index (χ4v) is 2.09. The average molecular weight is 192 g/mol. The molecule has 4 N–H and O–H groups in total. The summed E-state index contributed by atoms with van der Waals surface area (Å²) >= 11 is 0. The minimum atomic E-state index is 0.0940. The van der Waals surface area contributed by atoms with Gasteiger partial charge in [-0.05, 0) is 18.5 Å². The first-order chi connectivity index (χ1) is 6.85. The van der Waals surface area contributed by atoms with Gasteiger partial charge >= 0.3 is 0 Å². The van der Waals surface area contributed by atoms with Crippen molar-refractivity contribution in [1.29, 1.82) is 0 Å². The monoisotopic (exact) mass is 192 g/mol. The second-order valence-corrected chi connectivity index (χ2v) is 3.71. The molecule has 0 bridgehead atoms. The van der Waals surface area contributed by atoms with Gasteiger partial charge in [-0.1, -0.05) is 24.3 Å². The standard InChI is InChI=1S/C11H16N2O/c12-5-4-8-2-1-3-9-6-10(7-14)13-11(8)9/h1-3,6,9,11,13-14H,4-5,7,12H2. The van der Waals surface area contributed by atoms with Crippen LogP contribution in [0.2, 0.25) is 0 Å². The van der Waals surface area contributed by atoms with Crippen LogP contribution >= 0.6 is 0 Å². The quantitative estimate of drug-likeness (QED) is 0.602. The summed E-state index contributed by atoms with van der Waals surface area (Å²) in [5, 5.41) is 12.3. The van der Waals surface area contributed by atoms with E-state index in [9.17, 15) is 0 Å². The van der Waals surface area contributed by atoms with Gasteiger partial charge in [0.05, 0.1) is 12.6 Å². The molecule has 0 saturated carbocycles. The molecule has 0 radical (unpaired) electrons. The summed E-state index contributed by atoms with van der Waals surface area (Å²) in [6, 6.07) is 0.325. The zero-order valence-electron chi connectivity index (χ0n) is 8.11. The zero-order chi connectivity index (χ0) is 9.97. The van der Waals surface area contributed by atoms with E-state index in [1.807, 2.05) is 0 Å². The smallest absolute Gasteiger partial charge is 0.0824 e. The van der Waals surface area contributed by atoms with Crippen LogP contribution in [0.15, 0.2) is 35.6 Å². The normalized spacial score (nSPS) is 29.3. The molecule has 0 aromatic carbocycles. The number of allylic oxidation sites excluding steroid dienone is 2. The van der Waals surface area contributed by atoms with Crippen LogP contribution in [0.3, 0.4) is 0 Å². The van der Waals surface area contributed by atoms with Gasteiger partial charge in [0.25, 0.3) is 0 Å². The molecule has 14 heavy (non-hydrogen) atoms. The average Bonchev–Trinajstić information content (AvgIpc) is 2.62. The van der Waals surface area contributed by atoms with E-state index in [0.29, 0.717) is 18.5 Å². The van der Waals surface area contributed by atoms with Crippen LogP contribution in [0.1, 0.15) is 6.42 Å². The Hall–Kier alpha value is -1.06. The Bertz CT molecular complexity index is 304. The first-order valence-electron chi connectivity index (χ1n) is 5.00. The third kappa shape index (κ3) is 1.61. The first kappa shape index (κ1) is 9.49. The molecule has 0 spiro atoms. The lowest BCUT2D eigenvalue weighted by Crippen LogP contribution is -2.32. The highest BCUT2D eigenvalue weighted by Crippen LogP contribution is 2.28. The number of aliphatic hydroxyl groups excluding tert-OH is 1. The molecule has 3 heteroatoms. The molecular weight excluding hydrogens is 176 g/mol. The Balaban J connectivity index is 2.12. The zero-order valence-corrected chi connectivity index (χ0v) is 8.11. The molecule has 0 aromatic rings. The van der Waals surface area contributed by atoms with Crippen LogP contribution in [0.4, 0.5) is 0 Å². The minimum Gasteiger partial charge on any atom is -0.390 e. The molecule has 2 aliphatic rings. The van der Waals surface area contributed by atoms with Crippen molar-refractivity contribution in [2.75, 3.05) is 13.2 Å². The van der Waals surface area contributed by atoms with Crippen LogP contribution in [0, 0.1) is 5.92 Å². The van der Waals surface area contributed by atoms with Gasteiger partial charge in [0.15, 0.2) is 0 Å². The molecule has 1 heterocycles. The summed E-state index contributed by atoms with van der Waals surface area (Å²) in [5.41, 5.74) is 7.81. The van der Waals surface area contributed by atoms with Crippen LogP contribution in [-0.4, -0.2) is 24.3 Å². The predicted molar refractivity (Wildman–Crippen MR) is 56.5 cm³/mol. The number of aliphatic hydroxyl groups is 1. The fourth-order valence-electron chi connectivity index (χ4n) is 2.09. The van der Waals surface area contributed by atoms with Crippen molar-refractivity contribution in [2.24, 2.45) is 11.7 Å². The van der Waals surface area contributed by atoms with Gasteiger partial charge < -0.3 is 16.2 Å². The van der Waals surface area contributed by atoms with Gasteiger partial charge in [-0.15, -0.1) is 0 Å². The minimum absolute atomic E-state index is 0.0940. The molecule has 2 rings (SSSR count). The highest BCUT2D eigenvalue weighted by molar-refractivity contribution is 5.35. The summed E-state index contributed by atoms with van der Waals surface area (Å²) in [6.07, 6.45) is 9.36. The van der Waals surface area contributed by atoms with Gasteiger partial charge in [0.1, 0.15) is 0 Å². The highest BCUT2D eigenvalue weighted by Gasteiger charge is 2.28. The Morgan fingerprint density at radius 1 is 1.50 bits per heavy atom. The van der Waals surface area contributed by atoms with Gasteiger partial charge in [-0.25, -0.2) is 0 Å². The van der Waals surface area contributed by atoms with Crippen LogP contribution in [-0.2, 0) is 0 Å². The van der Waals surface area contributed by atoms with Gasteiger partial charge in [-0.3, -0.25) is 0 Å². The molecule has 76 valence electrons. The van der Waals surface area contributed by atoms with Crippen LogP contribution in [0.5, 0.6) is 0 Å². The van der Waals surface area contributed by atoms with E-state index in [0.717, 1.165) is 12.1 Å². The van der Waals surface area contributed by atoms with Crippen molar-refractivity contribution in [2.45, 2.75) is 12.5 Å². The van der Waals surface area contributed by atoms with Crippen molar-refractivity contribution in [3.05, 3.63) is 35.6 Å². The molecule has 1 aliphatic heterocycles.